The van der Waals surface area contributed by atoms with E-state index in [0.29, 0.717) is 6.04 Å². The van der Waals surface area contributed by atoms with Gasteiger partial charge in [0.1, 0.15) is 5.82 Å². The molecule has 0 bridgehead atoms. The molecule has 1 aromatic heterocycles. The van der Waals surface area contributed by atoms with Crippen molar-refractivity contribution in [2.24, 2.45) is 5.92 Å². The standard InChI is InChI=1S/C11H17N3/c1-7-5-9(6-7)14-11-10(12)4-3-8(2)13-11/h3-4,7,9H,5-6,12H2,1-2H3,(H,13,14). The van der Waals surface area contributed by atoms with Crippen molar-refractivity contribution >= 4 is 11.5 Å². The van der Waals surface area contributed by atoms with E-state index < -0.39 is 0 Å². The Balaban J connectivity index is 2.05. The topological polar surface area (TPSA) is 50.9 Å². The number of hydrogen-bond acceptors (Lipinski definition) is 3. The summed E-state index contributed by atoms with van der Waals surface area (Å²) in [6.45, 7) is 4.25. The maximum Gasteiger partial charge on any atom is 0.149 e. The smallest absolute Gasteiger partial charge is 0.149 e. The molecule has 1 saturated carbocycles. The third-order valence-electron chi connectivity index (χ3n) is 2.78. The summed E-state index contributed by atoms with van der Waals surface area (Å²) in [5, 5.41) is 3.38. The third-order valence-corrected chi connectivity index (χ3v) is 2.78. The zero-order chi connectivity index (χ0) is 10.1. The van der Waals surface area contributed by atoms with Crippen LogP contribution < -0.4 is 11.1 Å². The van der Waals surface area contributed by atoms with Gasteiger partial charge in [-0.2, -0.15) is 0 Å². The van der Waals surface area contributed by atoms with E-state index in [0.717, 1.165) is 23.1 Å². The predicted octanol–water partition coefficient (Wildman–Crippen LogP) is 2.18. The maximum absolute atomic E-state index is 5.83. The number of aromatic nitrogens is 1. The van der Waals surface area contributed by atoms with Crippen LogP contribution in [0.15, 0.2) is 12.1 Å². The number of hydrogen-bond donors (Lipinski definition) is 2. The van der Waals surface area contributed by atoms with Crippen LogP contribution in [0.5, 0.6) is 0 Å². The molecule has 1 aliphatic rings. The first-order chi connectivity index (χ1) is 6.65. The fourth-order valence-corrected chi connectivity index (χ4v) is 1.90. The zero-order valence-corrected chi connectivity index (χ0v) is 8.75. The first kappa shape index (κ1) is 9.31. The lowest BCUT2D eigenvalue weighted by atomic mass is 9.82. The Morgan fingerprint density at radius 1 is 1.43 bits per heavy atom. The molecule has 1 fully saturated rings. The highest BCUT2D eigenvalue weighted by atomic mass is 15.0. The molecule has 0 aromatic carbocycles. The zero-order valence-electron chi connectivity index (χ0n) is 8.75. The molecule has 1 aromatic rings. The molecule has 0 spiro atoms. The normalized spacial score (nSPS) is 25.6. The number of pyridine rings is 1. The number of rotatable bonds is 2. The summed E-state index contributed by atoms with van der Waals surface area (Å²) in [5.74, 6) is 1.69. The molecule has 1 heterocycles. The second kappa shape index (κ2) is 3.48. The van der Waals surface area contributed by atoms with Crippen molar-refractivity contribution in [1.29, 1.82) is 0 Å². The van der Waals surface area contributed by atoms with Gasteiger partial charge in [0.2, 0.25) is 0 Å². The van der Waals surface area contributed by atoms with Crippen molar-refractivity contribution in [2.45, 2.75) is 32.7 Å². The number of aryl methyl sites for hydroxylation is 1. The second-order valence-corrected chi connectivity index (χ2v) is 4.31. The van der Waals surface area contributed by atoms with Gasteiger partial charge in [-0.15, -0.1) is 0 Å². The van der Waals surface area contributed by atoms with E-state index in [-0.39, 0.29) is 0 Å². The summed E-state index contributed by atoms with van der Waals surface area (Å²) in [7, 11) is 0. The summed E-state index contributed by atoms with van der Waals surface area (Å²) in [5.41, 5.74) is 7.58. The molecule has 0 amide bonds. The van der Waals surface area contributed by atoms with Gasteiger partial charge in [0, 0.05) is 11.7 Å². The van der Waals surface area contributed by atoms with Crippen molar-refractivity contribution in [2.75, 3.05) is 11.1 Å². The molecule has 76 valence electrons. The Morgan fingerprint density at radius 2 is 2.14 bits per heavy atom. The minimum absolute atomic E-state index is 0.571. The molecule has 14 heavy (non-hydrogen) atoms. The Morgan fingerprint density at radius 3 is 2.79 bits per heavy atom. The summed E-state index contributed by atoms with van der Waals surface area (Å²) in [6.07, 6.45) is 2.46. The average Bonchev–Trinajstić information content (AvgIpc) is 2.09. The fraction of sp³-hybridized carbons (Fsp3) is 0.545. The Bertz CT molecular complexity index is 329. The van der Waals surface area contributed by atoms with Crippen molar-refractivity contribution in [1.82, 2.24) is 4.98 Å². The van der Waals surface area contributed by atoms with E-state index >= 15 is 0 Å². The van der Waals surface area contributed by atoms with Gasteiger partial charge in [-0.25, -0.2) is 4.98 Å². The highest BCUT2D eigenvalue weighted by Gasteiger charge is 2.25. The van der Waals surface area contributed by atoms with Crippen LogP contribution in [0.4, 0.5) is 11.5 Å². The Kier molecular flexibility index (Phi) is 2.32. The molecule has 2 rings (SSSR count). The van der Waals surface area contributed by atoms with E-state index in [4.69, 9.17) is 5.73 Å². The van der Waals surface area contributed by atoms with Crippen molar-refractivity contribution in [3.05, 3.63) is 17.8 Å². The SMILES string of the molecule is Cc1ccc(N)c(NC2CC(C)C2)n1. The minimum Gasteiger partial charge on any atom is -0.396 e. The number of nitrogens with zero attached hydrogens (tertiary/aromatic N) is 1. The molecule has 0 radical (unpaired) electrons. The quantitative estimate of drug-likeness (QED) is 0.753. The van der Waals surface area contributed by atoms with E-state index in [1.165, 1.54) is 12.8 Å². The summed E-state index contributed by atoms with van der Waals surface area (Å²) in [6, 6.07) is 4.41. The number of anilines is 2. The molecule has 0 aliphatic heterocycles. The van der Waals surface area contributed by atoms with Crippen LogP contribution in [-0.4, -0.2) is 11.0 Å². The first-order valence-electron chi connectivity index (χ1n) is 5.15. The van der Waals surface area contributed by atoms with E-state index in [1.54, 1.807) is 0 Å². The summed E-state index contributed by atoms with van der Waals surface area (Å²) >= 11 is 0. The first-order valence-corrected chi connectivity index (χ1v) is 5.15. The molecule has 3 N–H and O–H groups in total. The average molecular weight is 191 g/mol. The van der Waals surface area contributed by atoms with Crippen molar-refractivity contribution in [3.63, 3.8) is 0 Å². The second-order valence-electron chi connectivity index (χ2n) is 4.31. The van der Waals surface area contributed by atoms with E-state index in [2.05, 4.69) is 17.2 Å². The van der Waals surface area contributed by atoms with Gasteiger partial charge in [-0.1, -0.05) is 6.92 Å². The molecule has 3 heteroatoms. The van der Waals surface area contributed by atoms with Gasteiger partial charge in [-0.3, -0.25) is 0 Å². The Hall–Kier alpha value is -1.25. The lowest BCUT2D eigenvalue weighted by molar-refractivity contribution is 0.308. The van der Waals surface area contributed by atoms with Gasteiger partial charge in [0.25, 0.3) is 0 Å². The number of nitrogens with two attached hydrogens (primary N) is 1. The van der Waals surface area contributed by atoms with Crippen molar-refractivity contribution in [3.8, 4) is 0 Å². The molecular formula is C11H17N3. The molecular weight excluding hydrogens is 174 g/mol. The number of nitrogens with one attached hydrogen (secondary N) is 1. The maximum atomic E-state index is 5.83. The highest BCUT2D eigenvalue weighted by Crippen LogP contribution is 2.30. The van der Waals surface area contributed by atoms with E-state index in [1.807, 2.05) is 19.1 Å². The lowest BCUT2D eigenvalue weighted by Gasteiger charge is -2.33. The van der Waals surface area contributed by atoms with Crippen molar-refractivity contribution < 1.29 is 0 Å². The number of nitrogen functional groups attached to an aromatic ring is 1. The van der Waals surface area contributed by atoms with Crippen LogP contribution in [0.3, 0.4) is 0 Å². The molecule has 0 atom stereocenters. The molecule has 0 saturated heterocycles. The highest BCUT2D eigenvalue weighted by molar-refractivity contribution is 5.61. The van der Waals surface area contributed by atoms with Gasteiger partial charge in [-0.05, 0) is 37.8 Å². The van der Waals surface area contributed by atoms with Crippen LogP contribution in [0.1, 0.15) is 25.5 Å². The summed E-state index contributed by atoms with van der Waals surface area (Å²) < 4.78 is 0. The third kappa shape index (κ3) is 1.81. The van der Waals surface area contributed by atoms with Crippen LogP contribution in [0.2, 0.25) is 0 Å². The van der Waals surface area contributed by atoms with Crippen LogP contribution in [0.25, 0.3) is 0 Å². The van der Waals surface area contributed by atoms with Gasteiger partial charge in [0.15, 0.2) is 0 Å². The van der Waals surface area contributed by atoms with Gasteiger partial charge in [0.05, 0.1) is 5.69 Å². The predicted molar refractivity (Wildman–Crippen MR) is 59.2 cm³/mol. The molecule has 0 unspecified atom stereocenters. The minimum atomic E-state index is 0.571. The Labute approximate surface area is 84.7 Å². The van der Waals surface area contributed by atoms with Gasteiger partial charge < -0.3 is 11.1 Å². The molecule has 1 aliphatic carbocycles. The molecule has 3 nitrogen and oxygen atoms in total. The van der Waals surface area contributed by atoms with Gasteiger partial charge >= 0.3 is 0 Å². The summed E-state index contributed by atoms with van der Waals surface area (Å²) in [4.78, 5) is 4.38. The fourth-order valence-electron chi connectivity index (χ4n) is 1.90. The monoisotopic (exact) mass is 191 g/mol. The lowest BCUT2D eigenvalue weighted by Crippen LogP contribution is -2.34. The van der Waals surface area contributed by atoms with E-state index in [9.17, 15) is 0 Å². The van der Waals surface area contributed by atoms with Crippen LogP contribution >= 0.6 is 0 Å². The van der Waals surface area contributed by atoms with Crippen LogP contribution in [-0.2, 0) is 0 Å². The largest absolute Gasteiger partial charge is 0.396 e. The van der Waals surface area contributed by atoms with Crippen LogP contribution in [0, 0.1) is 12.8 Å².